The van der Waals surface area contributed by atoms with Crippen molar-refractivity contribution in [1.29, 1.82) is 0 Å². The SMILES string of the molecule is CCNCC1(CN2CCCCc3ccccc32)CCOC1. The highest BCUT2D eigenvalue weighted by Crippen LogP contribution is 2.34. The van der Waals surface area contributed by atoms with Gasteiger partial charge >= 0.3 is 0 Å². The summed E-state index contributed by atoms with van der Waals surface area (Å²) in [7, 11) is 0. The molecular weight excluding hydrogens is 260 g/mol. The predicted octanol–water partition coefficient (Wildman–Crippen LogP) is 2.85. The monoisotopic (exact) mass is 288 g/mol. The Morgan fingerprint density at radius 3 is 3.00 bits per heavy atom. The number of ether oxygens (including phenoxy) is 1. The van der Waals surface area contributed by atoms with E-state index in [0.717, 1.165) is 32.8 Å². The molecule has 0 saturated carbocycles. The Balaban J connectivity index is 1.79. The van der Waals surface area contributed by atoms with Crippen LogP contribution in [0.15, 0.2) is 24.3 Å². The molecule has 21 heavy (non-hydrogen) atoms. The Labute approximate surface area is 128 Å². The second-order valence-corrected chi connectivity index (χ2v) is 6.59. The van der Waals surface area contributed by atoms with Crippen molar-refractivity contribution in [2.24, 2.45) is 5.41 Å². The maximum atomic E-state index is 5.75. The second kappa shape index (κ2) is 6.80. The summed E-state index contributed by atoms with van der Waals surface area (Å²) in [6.07, 6.45) is 5.01. The zero-order valence-electron chi connectivity index (χ0n) is 13.2. The molecule has 3 rings (SSSR count). The van der Waals surface area contributed by atoms with Gasteiger partial charge in [0.15, 0.2) is 0 Å². The molecule has 1 unspecified atom stereocenters. The van der Waals surface area contributed by atoms with Crippen LogP contribution in [0.2, 0.25) is 0 Å². The fraction of sp³-hybridized carbons (Fsp3) is 0.667. The molecule has 0 bridgehead atoms. The lowest BCUT2D eigenvalue weighted by Gasteiger charge is -2.36. The number of hydrogen-bond acceptors (Lipinski definition) is 3. The van der Waals surface area contributed by atoms with Gasteiger partial charge in [0.2, 0.25) is 0 Å². The summed E-state index contributed by atoms with van der Waals surface area (Å²) in [6, 6.07) is 8.96. The van der Waals surface area contributed by atoms with E-state index in [1.807, 2.05) is 0 Å². The molecule has 2 aliphatic heterocycles. The van der Waals surface area contributed by atoms with Crippen molar-refractivity contribution >= 4 is 5.69 Å². The molecule has 116 valence electrons. The zero-order chi connectivity index (χ0) is 14.5. The Kier molecular flexibility index (Phi) is 4.81. The van der Waals surface area contributed by atoms with E-state index >= 15 is 0 Å². The molecule has 1 atom stereocenters. The summed E-state index contributed by atoms with van der Waals surface area (Å²) in [6.45, 7) is 8.42. The summed E-state index contributed by atoms with van der Waals surface area (Å²) in [5.41, 5.74) is 3.26. The van der Waals surface area contributed by atoms with Gasteiger partial charge in [-0.25, -0.2) is 0 Å². The highest BCUT2D eigenvalue weighted by molar-refractivity contribution is 5.54. The number of anilines is 1. The molecule has 3 heteroatoms. The van der Waals surface area contributed by atoms with Crippen molar-refractivity contribution in [2.75, 3.05) is 44.3 Å². The largest absolute Gasteiger partial charge is 0.381 e. The highest BCUT2D eigenvalue weighted by atomic mass is 16.5. The number of hydrogen-bond donors (Lipinski definition) is 1. The molecular formula is C18H28N2O. The highest BCUT2D eigenvalue weighted by Gasteiger charge is 2.36. The number of fused-ring (bicyclic) bond motifs is 1. The minimum Gasteiger partial charge on any atom is -0.381 e. The standard InChI is InChI=1S/C18H28N2O/c1-2-19-13-18(10-12-21-15-18)14-20-11-6-5-8-16-7-3-4-9-17(16)20/h3-4,7,9,19H,2,5-6,8,10-15H2,1H3. The molecule has 1 aromatic carbocycles. The van der Waals surface area contributed by atoms with Gasteiger partial charge in [-0.05, 0) is 43.9 Å². The van der Waals surface area contributed by atoms with Gasteiger partial charge in [-0.2, -0.15) is 0 Å². The summed E-state index contributed by atoms with van der Waals surface area (Å²) >= 11 is 0. The topological polar surface area (TPSA) is 24.5 Å². The van der Waals surface area contributed by atoms with Crippen LogP contribution in [0, 0.1) is 5.41 Å². The van der Waals surface area contributed by atoms with Crippen LogP contribution in [0.5, 0.6) is 0 Å². The molecule has 2 heterocycles. The molecule has 2 aliphatic rings. The van der Waals surface area contributed by atoms with Crippen LogP contribution in [0.1, 0.15) is 31.7 Å². The summed E-state index contributed by atoms with van der Waals surface area (Å²) in [5.74, 6) is 0. The molecule has 0 spiro atoms. The lowest BCUT2D eigenvalue weighted by atomic mass is 9.86. The van der Waals surface area contributed by atoms with Gasteiger partial charge in [-0.15, -0.1) is 0 Å². The fourth-order valence-corrected chi connectivity index (χ4v) is 3.70. The molecule has 1 N–H and O–H groups in total. The van der Waals surface area contributed by atoms with Gasteiger partial charge in [0.1, 0.15) is 0 Å². The first kappa shape index (κ1) is 14.9. The molecule has 1 saturated heterocycles. The van der Waals surface area contributed by atoms with Gasteiger partial charge in [0.05, 0.1) is 6.61 Å². The maximum Gasteiger partial charge on any atom is 0.0552 e. The summed E-state index contributed by atoms with van der Waals surface area (Å²) in [5, 5.41) is 3.55. The van der Waals surface area contributed by atoms with Crippen LogP contribution in [-0.2, 0) is 11.2 Å². The van der Waals surface area contributed by atoms with Crippen molar-refractivity contribution in [1.82, 2.24) is 5.32 Å². The lowest BCUT2D eigenvalue weighted by molar-refractivity contribution is 0.152. The first-order chi connectivity index (χ1) is 10.3. The van der Waals surface area contributed by atoms with Gasteiger partial charge in [-0.3, -0.25) is 0 Å². The predicted molar refractivity (Wildman–Crippen MR) is 88.0 cm³/mol. The van der Waals surface area contributed by atoms with Crippen LogP contribution in [-0.4, -0.2) is 39.4 Å². The molecule has 0 amide bonds. The van der Waals surface area contributed by atoms with Crippen LogP contribution in [0.25, 0.3) is 0 Å². The van der Waals surface area contributed by atoms with E-state index in [2.05, 4.69) is 41.4 Å². The van der Waals surface area contributed by atoms with E-state index < -0.39 is 0 Å². The van der Waals surface area contributed by atoms with Crippen LogP contribution >= 0.6 is 0 Å². The summed E-state index contributed by atoms with van der Waals surface area (Å²) in [4.78, 5) is 2.62. The van der Waals surface area contributed by atoms with E-state index in [9.17, 15) is 0 Å². The summed E-state index contributed by atoms with van der Waals surface area (Å²) < 4.78 is 5.75. The molecule has 0 radical (unpaired) electrons. The quantitative estimate of drug-likeness (QED) is 0.901. The Morgan fingerprint density at radius 2 is 2.19 bits per heavy atom. The van der Waals surface area contributed by atoms with Crippen molar-refractivity contribution in [3.63, 3.8) is 0 Å². The third-order valence-electron chi connectivity index (χ3n) is 4.92. The average Bonchev–Trinajstić information content (AvgIpc) is 2.88. The van der Waals surface area contributed by atoms with Crippen LogP contribution < -0.4 is 10.2 Å². The van der Waals surface area contributed by atoms with E-state index in [4.69, 9.17) is 4.74 Å². The zero-order valence-corrected chi connectivity index (χ0v) is 13.2. The van der Waals surface area contributed by atoms with Crippen molar-refractivity contribution < 1.29 is 4.74 Å². The van der Waals surface area contributed by atoms with Crippen molar-refractivity contribution in [3.8, 4) is 0 Å². The molecule has 0 aliphatic carbocycles. The van der Waals surface area contributed by atoms with Gasteiger partial charge in [0, 0.05) is 37.3 Å². The number of benzene rings is 1. The van der Waals surface area contributed by atoms with Crippen LogP contribution in [0.4, 0.5) is 5.69 Å². The van der Waals surface area contributed by atoms with E-state index in [1.165, 1.54) is 43.5 Å². The number of rotatable bonds is 5. The Hall–Kier alpha value is -1.06. The van der Waals surface area contributed by atoms with Crippen molar-refractivity contribution in [2.45, 2.75) is 32.6 Å². The molecule has 0 aromatic heterocycles. The minimum absolute atomic E-state index is 0.285. The third kappa shape index (κ3) is 3.41. The molecule has 1 fully saturated rings. The average molecular weight is 288 g/mol. The Morgan fingerprint density at radius 1 is 1.29 bits per heavy atom. The first-order valence-corrected chi connectivity index (χ1v) is 8.44. The van der Waals surface area contributed by atoms with Gasteiger partial charge in [-0.1, -0.05) is 25.1 Å². The van der Waals surface area contributed by atoms with Crippen molar-refractivity contribution in [3.05, 3.63) is 29.8 Å². The number of para-hydroxylation sites is 1. The number of nitrogens with zero attached hydrogens (tertiary/aromatic N) is 1. The normalized spacial score (nSPS) is 25.7. The fourth-order valence-electron chi connectivity index (χ4n) is 3.70. The first-order valence-electron chi connectivity index (χ1n) is 8.44. The number of nitrogens with one attached hydrogen (secondary N) is 1. The second-order valence-electron chi connectivity index (χ2n) is 6.59. The van der Waals surface area contributed by atoms with E-state index in [0.29, 0.717) is 0 Å². The van der Waals surface area contributed by atoms with Gasteiger partial charge < -0.3 is 15.0 Å². The minimum atomic E-state index is 0.285. The Bertz CT molecular complexity index is 454. The van der Waals surface area contributed by atoms with Gasteiger partial charge in [0.25, 0.3) is 0 Å². The molecule has 1 aromatic rings. The van der Waals surface area contributed by atoms with E-state index in [1.54, 1.807) is 0 Å². The third-order valence-corrected chi connectivity index (χ3v) is 4.92. The van der Waals surface area contributed by atoms with Crippen LogP contribution in [0.3, 0.4) is 0 Å². The molecule has 3 nitrogen and oxygen atoms in total. The smallest absolute Gasteiger partial charge is 0.0552 e. The van der Waals surface area contributed by atoms with E-state index in [-0.39, 0.29) is 5.41 Å². The number of aryl methyl sites for hydroxylation is 1. The maximum absolute atomic E-state index is 5.75. The lowest BCUT2D eigenvalue weighted by Crippen LogP contribution is -2.45.